The summed E-state index contributed by atoms with van der Waals surface area (Å²) in [5, 5.41) is 5.95. The summed E-state index contributed by atoms with van der Waals surface area (Å²) < 4.78 is 7.10. The van der Waals surface area contributed by atoms with Gasteiger partial charge in [-0.05, 0) is 48.0 Å². The van der Waals surface area contributed by atoms with E-state index in [1.54, 1.807) is 54.6 Å². The molecule has 0 bridgehead atoms. The number of halogens is 1. The lowest BCUT2D eigenvalue weighted by atomic mass is 10.2. The molecule has 0 fully saturated rings. The second kappa shape index (κ2) is 8.97. The molecule has 0 atom stereocenters. The molecule has 2 aromatic carbocycles. The Morgan fingerprint density at radius 2 is 1.90 bits per heavy atom. The summed E-state index contributed by atoms with van der Waals surface area (Å²) in [7, 11) is 0. The summed E-state index contributed by atoms with van der Waals surface area (Å²) in [6.07, 6.45) is 2.80. The Hall–Kier alpha value is -3.72. The van der Waals surface area contributed by atoms with Crippen molar-refractivity contribution >= 4 is 44.3 Å². The number of carbonyl (C=O) groups excluding carboxylic acids is 2. The highest BCUT2D eigenvalue weighted by atomic mass is 79.9. The van der Waals surface area contributed by atoms with Crippen LogP contribution in [-0.4, -0.2) is 21.4 Å². The number of furan rings is 1. The predicted molar refractivity (Wildman–Crippen MR) is 119 cm³/mol. The van der Waals surface area contributed by atoms with Crippen molar-refractivity contribution in [2.75, 3.05) is 5.32 Å². The van der Waals surface area contributed by atoms with Gasteiger partial charge in [0.25, 0.3) is 11.5 Å². The number of fused-ring (bicyclic) bond motifs is 1. The zero-order valence-corrected chi connectivity index (χ0v) is 17.8. The summed E-state index contributed by atoms with van der Waals surface area (Å²) in [6.45, 7) is 0.151. The molecule has 0 radical (unpaired) electrons. The number of carbonyl (C=O) groups is 2. The van der Waals surface area contributed by atoms with Crippen molar-refractivity contribution in [3.05, 3.63) is 93.3 Å². The quantitative estimate of drug-likeness (QED) is 0.440. The summed E-state index contributed by atoms with van der Waals surface area (Å²) in [5.74, 6) is -0.428. The Morgan fingerprint density at radius 3 is 2.65 bits per heavy atom. The molecule has 0 aliphatic carbocycles. The molecule has 0 aliphatic heterocycles. The third kappa shape index (κ3) is 4.89. The third-order valence-electron chi connectivity index (χ3n) is 4.55. The summed E-state index contributed by atoms with van der Waals surface area (Å²) >= 11 is 3.34. The van der Waals surface area contributed by atoms with Crippen molar-refractivity contribution < 1.29 is 14.0 Å². The minimum absolute atomic E-state index is 0.133. The molecule has 4 aromatic rings. The number of hydrogen-bond donors (Lipinski definition) is 2. The van der Waals surface area contributed by atoms with Gasteiger partial charge in [0.1, 0.15) is 6.54 Å². The van der Waals surface area contributed by atoms with Crippen molar-refractivity contribution in [2.24, 2.45) is 0 Å². The van der Waals surface area contributed by atoms with Crippen LogP contribution < -0.4 is 16.2 Å². The van der Waals surface area contributed by atoms with Gasteiger partial charge in [0.05, 0.1) is 23.5 Å². The van der Waals surface area contributed by atoms with Crippen LogP contribution in [0, 0.1) is 0 Å². The first-order chi connectivity index (χ1) is 15.0. The number of anilines is 1. The molecule has 0 spiro atoms. The third-order valence-corrected chi connectivity index (χ3v) is 5.04. The molecule has 2 N–H and O–H groups in total. The Labute approximate surface area is 185 Å². The van der Waals surface area contributed by atoms with Crippen LogP contribution >= 0.6 is 15.9 Å². The Morgan fingerprint density at radius 1 is 1.10 bits per heavy atom. The molecular weight excluding hydrogens is 464 g/mol. The SMILES string of the molecule is O=C(Cn1cnc2ccc(Br)cc2c1=O)NCc1ccc(NC(=O)c2ccco2)cc1. The maximum Gasteiger partial charge on any atom is 0.291 e. The monoisotopic (exact) mass is 480 g/mol. The topological polar surface area (TPSA) is 106 Å². The van der Waals surface area contributed by atoms with Gasteiger partial charge in [0, 0.05) is 16.7 Å². The molecular formula is C22H17BrN4O4. The fraction of sp³-hybridized carbons (Fsp3) is 0.0909. The van der Waals surface area contributed by atoms with Crippen LogP contribution in [0.15, 0.2) is 80.9 Å². The van der Waals surface area contributed by atoms with E-state index in [9.17, 15) is 14.4 Å². The summed E-state index contributed by atoms with van der Waals surface area (Å²) in [5.41, 5.74) is 1.75. The van der Waals surface area contributed by atoms with E-state index in [1.807, 2.05) is 0 Å². The van der Waals surface area contributed by atoms with Crippen LogP contribution in [0.3, 0.4) is 0 Å². The van der Waals surface area contributed by atoms with Gasteiger partial charge < -0.3 is 15.1 Å². The normalized spacial score (nSPS) is 10.7. The first-order valence-electron chi connectivity index (χ1n) is 9.35. The van der Waals surface area contributed by atoms with Crippen LogP contribution in [0.25, 0.3) is 10.9 Å². The van der Waals surface area contributed by atoms with E-state index in [1.165, 1.54) is 17.2 Å². The number of nitrogens with one attached hydrogen (secondary N) is 2. The second-order valence-electron chi connectivity index (χ2n) is 6.74. The molecule has 0 saturated carbocycles. The minimum atomic E-state index is -0.340. The molecule has 0 saturated heterocycles. The largest absolute Gasteiger partial charge is 0.459 e. The summed E-state index contributed by atoms with van der Waals surface area (Å²) in [6, 6.07) is 15.5. The molecule has 0 aliphatic rings. The molecule has 2 heterocycles. The van der Waals surface area contributed by atoms with E-state index in [2.05, 4.69) is 31.5 Å². The number of hydrogen-bond acceptors (Lipinski definition) is 5. The summed E-state index contributed by atoms with van der Waals surface area (Å²) in [4.78, 5) is 41.1. The molecule has 2 aromatic heterocycles. The number of amides is 2. The van der Waals surface area contributed by atoms with Gasteiger partial charge in [0.15, 0.2) is 5.76 Å². The van der Waals surface area contributed by atoms with Gasteiger partial charge in [-0.25, -0.2) is 4.98 Å². The average molecular weight is 481 g/mol. The molecule has 4 rings (SSSR count). The van der Waals surface area contributed by atoms with E-state index in [0.717, 1.165) is 10.0 Å². The van der Waals surface area contributed by atoms with E-state index >= 15 is 0 Å². The first kappa shape index (κ1) is 20.5. The standard InChI is InChI=1S/C22H17BrN4O4/c23-15-5-8-18-17(10-15)22(30)27(13-25-18)12-20(28)24-11-14-3-6-16(7-4-14)26-21(29)19-2-1-9-31-19/h1-10,13H,11-12H2,(H,24,28)(H,26,29). The Kier molecular flexibility index (Phi) is 5.94. The van der Waals surface area contributed by atoms with Crippen molar-refractivity contribution in [2.45, 2.75) is 13.1 Å². The van der Waals surface area contributed by atoms with E-state index < -0.39 is 0 Å². The van der Waals surface area contributed by atoms with Gasteiger partial charge in [-0.1, -0.05) is 28.1 Å². The molecule has 2 amide bonds. The number of aromatic nitrogens is 2. The van der Waals surface area contributed by atoms with Gasteiger partial charge in [-0.3, -0.25) is 19.0 Å². The number of nitrogens with zero attached hydrogens (tertiary/aromatic N) is 2. The lowest BCUT2D eigenvalue weighted by Crippen LogP contribution is -2.32. The van der Waals surface area contributed by atoms with Crippen LogP contribution in [-0.2, 0) is 17.9 Å². The Bertz CT molecular complexity index is 1300. The van der Waals surface area contributed by atoms with Crippen LogP contribution in [0.2, 0.25) is 0 Å². The molecule has 31 heavy (non-hydrogen) atoms. The fourth-order valence-corrected chi connectivity index (χ4v) is 3.32. The van der Waals surface area contributed by atoms with Crippen molar-refractivity contribution in [1.82, 2.24) is 14.9 Å². The zero-order chi connectivity index (χ0) is 21.8. The maximum atomic E-state index is 12.6. The first-order valence-corrected chi connectivity index (χ1v) is 10.1. The second-order valence-corrected chi connectivity index (χ2v) is 7.66. The average Bonchev–Trinajstić information content (AvgIpc) is 3.31. The number of rotatable bonds is 6. The van der Waals surface area contributed by atoms with Gasteiger partial charge in [0.2, 0.25) is 5.91 Å². The molecule has 156 valence electrons. The molecule has 0 unspecified atom stereocenters. The molecule has 9 heteroatoms. The fourth-order valence-electron chi connectivity index (χ4n) is 2.96. The van der Waals surface area contributed by atoms with Crippen LogP contribution in [0.1, 0.15) is 16.1 Å². The van der Waals surface area contributed by atoms with E-state index in [4.69, 9.17) is 4.42 Å². The van der Waals surface area contributed by atoms with Crippen molar-refractivity contribution in [3.8, 4) is 0 Å². The highest BCUT2D eigenvalue weighted by Crippen LogP contribution is 2.15. The van der Waals surface area contributed by atoms with Gasteiger partial charge >= 0.3 is 0 Å². The molecule has 8 nitrogen and oxygen atoms in total. The van der Waals surface area contributed by atoms with Crippen LogP contribution in [0.5, 0.6) is 0 Å². The predicted octanol–water partition coefficient (Wildman–Crippen LogP) is 3.32. The highest BCUT2D eigenvalue weighted by molar-refractivity contribution is 9.10. The van der Waals surface area contributed by atoms with Crippen LogP contribution in [0.4, 0.5) is 5.69 Å². The van der Waals surface area contributed by atoms with E-state index in [0.29, 0.717) is 16.6 Å². The van der Waals surface area contributed by atoms with E-state index in [-0.39, 0.29) is 36.2 Å². The lowest BCUT2D eigenvalue weighted by molar-refractivity contribution is -0.121. The van der Waals surface area contributed by atoms with Gasteiger partial charge in [-0.15, -0.1) is 0 Å². The Balaban J connectivity index is 1.35. The van der Waals surface area contributed by atoms with Gasteiger partial charge in [-0.2, -0.15) is 0 Å². The van der Waals surface area contributed by atoms with Crippen molar-refractivity contribution in [1.29, 1.82) is 0 Å². The highest BCUT2D eigenvalue weighted by Gasteiger charge is 2.10. The lowest BCUT2D eigenvalue weighted by Gasteiger charge is -2.09. The zero-order valence-electron chi connectivity index (χ0n) is 16.2. The maximum absolute atomic E-state index is 12.6. The smallest absolute Gasteiger partial charge is 0.291 e. The number of benzene rings is 2. The van der Waals surface area contributed by atoms with Crippen molar-refractivity contribution in [3.63, 3.8) is 0 Å². The minimum Gasteiger partial charge on any atom is -0.459 e.